The van der Waals surface area contributed by atoms with Gasteiger partial charge in [-0.25, -0.2) is 12.8 Å². The Bertz CT molecular complexity index is 783. The molecule has 0 radical (unpaired) electrons. The molecule has 4 nitrogen and oxygen atoms in total. The van der Waals surface area contributed by atoms with Crippen molar-refractivity contribution in [2.45, 2.75) is 4.90 Å². The molecule has 0 saturated carbocycles. The molecule has 0 fully saturated rings. The lowest BCUT2D eigenvalue weighted by Crippen LogP contribution is -2.14. The molecular formula is C13H8BrFN2O2S. The fraction of sp³-hybridized carbons (Fsp3) is 0. The first-order valence-electron chi connectivity index (χ1n) is 5.40. The summed E-state index contributed by atoms with van der Waals surface area (Å²) in [7, 11) is -3.90. The zero-order valence-electron chi connectivity index (χ0n) is 9.97. The predicted octanol–water partition coefficient (Wildman–Crippen LogP) is 3.26. The predicted molar refractivity (Wildman–Crippen MR) is 76.1 cm³/mol. The molecule has 20 heavy (non-hydrogen) atoms. The first-order valence-corrected chi connectivity index (χ1v) is 7.68. The van der Waals surface area contributed by atoms with Crippen molar-refractivity contribution in [3.05, 3.63) is 58.3 Å². The van der Waals surface area contributed by atoms with Crippen LogP contribution in [-0.4, -0.2) is 8.42 Å². The van der Waals surface area contributed by atoms with E-state index in [1.54, 1.807) is 0 Å². The number of nitrogens with one attached hydrogen (secondary N) is 1. The van der Waals surface area contributed by atoms with E-state index in [4.69, 9.17) is 5.26 Å². The number of sulfonamides is 1. The second-order valence-electron chi connectivity index (χ2n) is 3.87. The number of anilines is 1. The van der Waals surface area contributed by atoms with E-state index >= 15 is 0 Å². The number of hydrogen-bond acceptors (Lipinski definition) is 3. The third-order valence-corrected chi connectivity index (χ3v) is 4.34. The summed E-state index contributed by atoms with van der Waals surface area (Å²) in [5, 5.41) is 8.66. The number of rotatable bonds is 3. The molecule has 1 N–H and O–H groups in total. The van der Waals surface area contributed by atoms with Gasteiger partial charge in [0.1, 0.15) is 5.82 Å². The molecule has 0 aliphatic carbocycles. The highest BCUT2D eigenvalue weighted by atomic mass is 79.9. The molecular weight excluding hydrogens is 347 g/mol. The summed E-state index contributed by atoms with van der Waals surface area (Å²) < 4.78 is 40.4. The van der Waals surface area contributed by atoms with E-state index in [9.17, 15) is 12.8 Å². The van der Waals surface area contributed by atoms with Crippen LogP contribution in [-0.2, 0) is 10.0 Å². The van der Waals surface area contributed by atoms with Crippen molar-refractivity contribution in [1.82, 2.24) is 0 Å². The van der Waals surface area contributed by atoms with Gasteiger partial charge in [0.05, 0.1) is 22.2 Å². The summed E-state index contributed by atoms with van der Waals surface area (Å²) in [5.41, 5.74) is 0.196. The largest absolute Gasteiger partial charge is 0.277 e. The van der Waals surface area contributed by atoms with Crippen molar-refractivity contribution in [2.24, 2.45) is 0 Å². The van der Waals surface area contributed by atoms with Gasteiger partial charge in [-0.05, 0) is 42.5 Å². The first kappa shape index (κ1) is 14.5. The Morgan fingerprint density at radius 2 is 1.80 bits per heavy atom. The second-order valence-corrected chi connectivity index (χ2v) is 6.46. The molecule has 0 bridgehead atoms. The van der Waals surface area contributed by atoms with Gasteiger partial charge in [0, 0.05) is 4.47 Å². The van der Waals surface area contributed by atoms with Crippen LogP contribution in [0.25, 0.3) is 0 Å². The average molecular weight is 355 g/mol. The van der Waals surface area contributed by atoms with Crippen LogP contribution in [0, 0.1) is 17.1 Å². The highest BCUT2D eigenvalue weighted by molar-refractivity contribution is 9.10. The van der Waals surface area contributed by atoms with E-state index < -0.39 is 15.8 Å². The van der Waals surface area contributed by atoms with Crippen LogP contribution in [0.2, 0.25) is 0 Å². The van der Waals surface area contributed by atoms with Gasteiger partial charge in [-0.3, -0.25) is 4.72 Å². The minimum absolute atomic E-state index is 0.0455. The zero-order chi connectivity index (χ0) is 14.8. The van der Waals surface area contributed by atoms with E-state index in [0.29, 0.717) is 10.0 Å². The maximum atomic E-state index is 13.5. The van der Waals surface area contributed by atoms with Crippen LogP contribution in [0.15, 0.2) is 51.8 Å². The summed E-state index contributed by atoms with van der Waals surface area (Å²) in [5.74, 6) is -0.676. The van der Waals surface area contributed by atoms with Crippen LogP contribution in [0.3, 0.4) is 0 Å². The molecule has 0 spiro atoms. The third-order valence-electron chi connectivity index (χ3n) is 2.47. The molecule has 0 aromatic heterocycles. The smallest absolute Gasteiger partial charge is 0.261 e. The molecule has 2 aromatic rings. The van der Waals surface area contributed by atoms with Gasteiger partial charge in [0.2, 0.25) is 0 Å². The van der Waals surface area contributed by atoms with E-state index in [2.05, 4.69) is 20.7 Å². The van der Waals surface area contributed by atoms with Crippen LogP contribution >= 0.6 is 15.9 Å². The standard InChI is InChI=1S/C13H8BrFN2O2S/c14-10-3-6-12(15)13(7-10)17-20(18,19)11-4-1-9(8-16)2-5-11/h1-7,17H. The summed E-state index contributed by atoms with van der Waals surface area (Å²) >= 11 is 3.14. The lowest BCUT2D eigenvalue weighted by molar-refractivity contribution is 0.598. The van der Waals surface area contributed by atoms with Gasteiger partial charge in [0.15, 0.2) is 0 Å². The molecule has 2 rings (SSSR count). The number of hydrogen-bond donors (Lipinski definition) is 1. The summed E-state index contributed by atoms with van der Waals surface area (Å²) in [6.45, 7) is 0. The maximum absolute atomic E-state index is 13.5. The lowest BCUT2D eigenvalue weighted by atomic mass is 10.2. The topological polar surface area (TPSA) is 70.0 Å². The van der Waals surface area contributed by atoms with Gasteiger partial charge >= 0.3 is 0 Å². The Morgan fingerprint density at radius 1 is 1.15 bits per heavy atom. The molecule has 0 amide bonds. The van der Waals surface area contributed by atoms with Crippen LogP contribution in [0.4, 0.5) is 10.1 Å². The van der Waals surface area contributed by atoms with E-state index in [1.165, 1.54) is 36.4 Å². The van der Waals surface area contributed by atoms with E-state index in [1.807, 2.05) is 6.07 Å². The van der Waals surface area contributed by atoms with Crippen molar-refractivity contribution in [3.8, 4) is 6.07 Å². The van der Waals surface area contributed by atoms with Crippen molar-refractivity contribution >= 4 is 31.6 Å². The highest BCUT2D eigenvalue weighted by Crippen LogP contribution is 2.23. The maximum Gasteiger partial charge on any atom is 0.261 e. The summed E-state index contributed by atoms with van der Waals surface area (Å²) in [6, 6.07) is 11.2. The molecule has 2 aromatic carbocycles. The Kier molecular flexibility index (Phi) is 4.06. The van der Waals surface area contributed by atoms with Gasteiger partial charge < -0.3 is 0 Å². The lowest BCUT2D eigenvalue weighted by Gasteiger charge is -2.09. The number of nitrogens with zero attached hydrogens (tertiary/aromatic N) is 1. The average Bonchev–Trinajstić information content (AvgIpc) is 2.43. The number of benzene rings is 2. The molecule has 0 aliphatic heterocycles. The molecule has 0 heterocycles. The van der Waals surface area contributed by atoms with Crippen molar-refractivity contribution in [3.63, 3.8) is 0 Å². The molecule has 0 unspecified atom stereocenters. The highest BCUT2D eigenvalue weighted by Gasteiger charge is 2.16. The number of nitriles is 1. The fourth-order valence-electron chi connectivity index (χ4n) is 1.49. The molecule has 0 aliphatic rings. The van der Waals surface area contributed by atoms with Crippen molar-refractivity contribution in [2.75, 3.05) is 4.72 Å². The Balaban J connectivity index is 2.35. The third kappa shape index (κ3) is 3.15. The quantitative estimate of drug-likeness (QED) is 0.919. The second kappa shape index (κ2) is 5.61. The van der Waals surface area contributed by atoms with Gasteiger partial charge in [-0.15, -0.1) is 0 Å². The first-order chi connectivity index (χ1) is 9.42. The van der Waals surface area contributed by atoms with Crippen molar-refractivity contribution < 1.29 is 12.8 Å². The summed E-state index contributed by atoms with van der Waals surface area (Å²) in [6.07, 6.45) is 0. The fourth-order valence-corrected chi connectivity index (χ4v) is 2.91. The minimum Gasteiger partial charge on any atom is -0.277 e. The van der Waals surface area contributed by atoms with Gasteiger partial charge in [-0.1, -0.05) is 15.9 Å². The monoisotopic (exact) mass is 354 g/mol. The minimum atomic E-state index is -3.90. The van der Waals surface area contributed by atoms with Crippen LogP contribution in [0.5, 0.6) is 0 Å². The van der Waals surface area contributed by atoms with Gasteiger partial charge in [0.25, 0.3) is 10.0 Å². The molecule has 0 saturated heterocycles. The summed E-state index contributed by atoms with van der Waals surface area (Å²) in [4.78, 5) is -0.0455. The zero-order valence-corrected chi connectivity index (χ0v) is 12.4. The van der Waals surface area contributed by atoms with E-state index in [-0.39, 0.29) is 10.6 Å². The molecule has 0 atom stereocenters. The number of halogens is 2. The van der Waals surface area contributed by atoms with Crippen molar-refractivity contribution in [1.29, 1.82) is 5.26 Å². The Morgan fingerprint density at radius 3 is 2.40 bits per heavy atom. The Labute approximate surface area is 124 Å². The SMILES string of the molecule is N#Cc1ccc(S(=O)(=O)Nc2cc(Br)ccc2F)cc1. The van der Waals surface area contributed by atoms with Crippen LogP contribution < -0.4 is 4.72 Å². The Hall–Kier alpha value is -1.91. The van der Waals surface area contributed by atoms with Crippen LogP contribution in [0.1, 0.15) is 5.56 Å². The van der Waals surface area contributed by atoms with E-state index in [0.717, 1.165) is 6.07 Å². The van der Waals surface area contributed by atoms with Gasteiger partial charge in [-0.2, -0.15) is 5.26 Å². The molecule has 7 heteroatoms. The normalized spacial score (nSPS) is 10.8. The molecule has 102 valence electrons.